The molecular formula is C10H19N3O4. The molecule has 17 heavy (non-hydrogen) atoms. The van der Waals surface area contributed by atoms with Crippen molar-refractivity contribution in [2.45, 2.75) is 38.8 Å². The molecule has 0 aliphatic heterocycles. The Labute approximate surface area is 99.9 Å². The third kappa shape index (κ3) is 6.52. The lowest BCUT2D eigenvalue weighted by atomic mass is 10.1. The molecule has 0 radical (unpaired) electrons. The average Bonchev–Trinajstić information content (AvgIpc) is 2.23. The second kappa shape index (κ2) is 7.61. The molecule has 7 nitrogen and oxygen atoms in total. The van der Waals surface area contributed by atoms with Gasteiger partial charge in [0.15, 0.2) is 0 Å². The van der Waals surface area contributed by atoms with Crippen molar-refractivity contribution in [1.82, 2.24) is 5.32 Å². The summed E-state index contributed by atoms with van der Waals surface area (Å²) in [5.41, 5.74) is 10.4. The molecular weight excluding hydrogens is 226 g/mol. The topological polar surface area (TPSA) is 125 Å². The molecule has 0 aliphatic carbocycles. The van der Waals surface area contributed by atoms with Crippen molar-refractivity contribution in [2.75, 3.05) is 6.61 Å². The maximum atomic E-state index is 11.3. The van der Waals surface area contributed by atoms with Crippen LogP contribution in [0.5, 0.6) is 0 Å². The highest BCUT2D eigenvalue weighted by molar-refractivity contribution is 5.88. The van der Waals surface area contributed by atoms with Crippen LogP contribution in [0.2, 0.25) is 0 Å². The van der Waals surface area contributed by atoms with Crippen LogP contribution in [-0.2, 0) is 19.1 Å². The van der Waals surface area contributed by atoms with Gasteiger partial charge in [0.05, 0.1) is 12.6 Å². The Morgan fingerprint density at radius 1 is 1.35 bits per heavy atom. The van der Waals surface area contributed by atoms with E-state index < -0.39 is 29.9 Å². The maximum Gasteiger partial charge on any atom is 0.305 e. The van der Waals surface area contributed by atoms with Crippen LogP contribution in [0.15, 0.2) is 0 Å². The van der Waals surface area contributed by atoms with Crippen LogP contribution in [-0.4, -0.2) is 36.5 Å². The molecule has 2 atom stereocenters. The van der Waals surface area contributed by atoms with E-state index in [-0.39, 0.29) is 19.4 Å². The van der Waals surface area contributed by atoms with E-state index in [4.69, 9.17) is 16.2 Å². The Kier molecular flexibility index (Phi) is 6.88. The van der Waals surface area contributed by atoms with Crippen molar-refractivity contribution >= 4 is 17.8 Å². The van der Waals surface area contributed by atoms with Gasteiger partial charge >= 0.3 is 5.97 Å². The van der Waals surface area contributed by atoms with E-state index in [2.05, 4.69) is 5.32 Å². The second-order valence-electron chi connectivity index (χ2n) is 3.60. The predicted molar refractivity (Wildman–Crippen MR) is 60.6 cm³/mol. The Morgan fingerprint density at radius 2 is 1.94 bits per heavy atom. The number of amides is 2. The predicted octanol–water partition coefficient (Wildman–Crippen LogP) is -1.35. The van der Waals surface area contributed by atoms with Crippen LogP contribution in [0.25, 0.3) is 0 Å². The summed E-state index contributed by atoms with van der Waals surface area (Å²) in [4.78, 5) is 33.4. The first-order chi connectivity index (χ1) is 7.88. The highest BCUT2D eigenvalue weighted by Crippen LogP contribution is 1.99. The fourth-order valence-electron chi connectivity index (χ4n) is 1.08. The fourth-order valence-corrected chi connectivity index (χ4v) is 1.08. The van der Waals surface area contributed by atoms with Gasteiger partial charge in [-0.1, -0.05) is 0 Å². The smallest absolute Gasteiger partial charge is 0.305 e. The maximum absolute atomic E-state index is 11.3. The molecule has 0 aliphatic rings. The molecule has 0 unspecified atom stereocenters. The number of nitrogens with one attached hydrogen (secondary N) is 1. The molecule has 2 amide bonds. The van der Waals surface area contributed by atoms with E-state index in [1.807, 2.05) is 0 Å². The van der Waals surface area contributed by atoms with Gasteiger partial charge in [0.25, 0.3) is 0 Å². The first kappa shape index (κ1) is 15.4. The Hall–Kier alpha value is -1.63. The van der Waals surface area contributed by atoms with Gasteiger partial charge in [-0.15, -0.1) is 0 Å². The summed E-state index contributed by atoms with van der Waals surface area (Å²) in [6.45, 7) is 3.44. The van der Waals surface area contributed by atoms with Crippen molar-refractivity contribution in [2.24, 2.45) is 11.5 Å². The van der Waals surface area contributed by atoms with Crippen LogP contribution in [0.4, 0.5) is 0 Å². The SMILES string of the molecule is CCOC(=O)CC[C@@H](NC(=O)[C@H](C)N)C(N)=O. The number of carbonyl (C=O) groups excluding carboxylic acids is 3. The number of hydrogen-bond acceptors (Lipinski definition) is 5. The van der Waals surface area contributed by atoms with Gasteiger partial charge in [-0.25, -0.2) is 0 Å². The summed E-state index contributed by atoms with van der Waals surface area (Å²) in [6, 6.07) is -1.64. The van der Waals surface area contributed by atoms with Crippen LogP contribution in [0.3, 0.4) is 0 Å². The minimum Gasteiger partial charge on any atom is -0.466 e. The van der Waals surface area contributed by atoms with Crippen molar-refractivity contribution in [3.63, 3.8) is 0 Å². The van der Waals surface area contributed by atoms with Crippen molar-refractivity contribution in [3.8, 4) is 0 Å². The number of ether oxygens (including phenoxy) is 1. The van der Waals surface area contributed by atoms with Crippen molar-refractivity contribution < 1.29 is 19.1 Å². The lowest BCUT2D eigenvalue weighted by Gasteiger charge is -2.16. The molecule has 5 N–H and O–H groups in total. The van der Waals surface area contributed by atoms with Gasteiger partial charge in [0, 0.05) is 6.42 Å². The van der Waals surface area contributed by atoms with E-state index in [0.717, 1.165) is 0 Å². The van der Waals surface area contributed by atoms with Crippen LogP contribution >= 0.6 is 0 Å². The third-order valence-corrected chi connectivity index (χ3v) is 2.02. The van der Waals surface area contributed by atoms with E-state index in [1.54, 1.807) is 6.92 Å². The Bertz CT molecular complexity index is 291. The highest BCUT2D eigenvalue weighted by atomic mass is 16.5. The standard InChI is InChI=1S/C10H19N3O4/c1-3-17-8(14)5-4-7(9(12)15)13-10(16)6(2)11/h6-7H,3-5,11H2,1-2H3,(H2,12,15)(H,13,16)/t6-,7+/m0/s1. The van der Waals surface area contributed by atoms with Crippen LogP contribution in [0, 0.1) is 0 Å². The van der Waals surface area contributed by atoms with Crippen molar-refractivity contribution in [1.29, 1.82) is 0 Å². The molecule has 0 aromatic heterocycles. The molecule has 0 heterocycles. The highest BCUT2D eigenvalue weighted by Gasteiger charge is 2.20. The lowest BCUT2D eigenvalue weighted by molar-refractivity contribution is -0.143. The minimum absolute atomic E-state index is 0.0146. The van der Waals surface area contributed by atoms with Crippen LogP contribution < -0.4 is 16.8 Å². The molecule has 0 spiro atoms. The molecule has 0 bridgehead atoms. The van der Waals surface area contributed by atoms with Gasteiger partial charge in [-0.2, -0.15) is 0 Å². The summed E-state index contributed by atoms with van der Waals surface area (Å²) < 4.78 is 4.70. The van der Waals surface area contributed by atoms with Gasteiger partial charge in [0.1, 0.15) is 6.04 Å². The molecule has 7 heteroatoms. The van der Waals surface area contributed by atoms with E-state index in [1.165, 1.54) is 6.92 Å². The van der Waals surface area contributed by atoms with E-state index in [0.29, 0.717) is 0 Å². The normalized spacial score (nSPS) is 13.6. The molecule has 0 saturated heterocycles. The summed E-state index contributed by atoms with van der Waals surface area (Å²) in [5, 5.41) is 2.37. The fraction of sp³-hybridized carbons (Fsp3) is 0.700. The van der Waals surface area contributed by atoms with E-state index >= 15 is 0 Å². The first-order valence-corrected chi connectivity index (χ1v) is 5.39. The van der Waals surface area contributed by atoms with Crippen LogP contribution in [0.1, 0.15) is 26.7 Å². The molecule has 0 saturated carbocycles. The monoisotopic (exact) mass is 245 g/mol. The van der Waals surface area contributed by atoms with Gasteiger partial charge in [0.2, 0.25) is 11.8 Å². The molecule has 0 aromatic carbocycles. The summed E-state index contributed by atoms with van der Waals surface area (Å²) in [6.07, 6.45) is 0.118. The Balaban J connectivity index is 4.21. The molecule has 0 aromatic rings. The number of carbonyl (C=O) groups is 3. The van der Waals surface area contributed by atoms with Gasteiger partial charge in [-0.3, -0.25) is 14.4 Å². The zero-order chi connectivity index (χ0) is 13.4. The first-order valence-electron chi connectivity index (χ1n) is 5.39. The summed E-state index contributed by atoms with van der Waals surface area (Å²) in [7, 11) is 0. The Morgan fingerprint density at radius 3 is 2.35 bits per heavy atom. The summed E-state index contributed by atoms with van der Waals surface area (Å²) in [5.74, 6) is -1.63. The number of esters is 1. The zero-order valence-electron chi connectivity index (χ0n) is 10.1. The second-order valence-corrected chi connectivity index (χ2v) is 3.60. The summed E-state index contributed by atoms with van der Waals surface area (Å²) >= 11 is 0. The lowest BCUT2D eigenvalue weighted by Crippen LogP contribution is -2.49. The average molecular weight is 245 g/mol. The molecule has 0 fully saturated rings. The number of nitrogens with two attached hydrogens (primary N) is 2. The molecule has 98 valence electrons. The molecule has 0 rings (SSSR count). The van der Waals surface area contributed by atoms with E-state index in [9.17, 15) is 14.4 Å². The number of hydrogen-bond donors (Lipinski definition) is 3. The quantitative estimate of drug-likeness (QED) is 0.478. The van der Waals surface area contributed by atoms with Gasteiger partial charge in [-0.05, 0) is 20.3 Å². The third-order valence-electron chi connectivity index (χ3n) is 2.02. The minimum atomic E-state index is -0.905. The number of rotatable bonds is 7. The number of primary amides is 1. The van der Waals surface area contributed by atoms with Gasteiger partial charge < -0.3 is 21.5 Å². The zero-order valence-corrected chi connectivity index (χ0v) is 10.1. The van der Waals surface area contributed by atoms with Crippen molar-refractivity contribution in [3.05, 3.63) is 0 Å². The largest absolute Gasteiger partial charge is 0.466 e.